The second kappa shape index (κ2) is 8.04. The molecule has 106 valence electrons. The van der Waals surface area contributed by atoms with Crippen molar-refractivity contribution in [2.75, 3.05) is 19.0 Å². The zero-order valence-electron chi connectivity index (χ0n) is 12.3. The van der Waals surface area contributed by atoms with Gasteiger partial charge in [-0.3, -0.25) is 0 Å². The fourth-order valence-corrected chi connectivity index (χ4v) is 1.87. The first-order valence-corrected chi connectivity index (χ1v) is 6.63. The molecule has 0 saturated carbocycles. The van der Waals surface area contributed by atoms with Gasteiger partial charge < -0.3 is 4.90 Å². The molecule has 2 aromatic rings. The zero-order chi connectivity index (χ0) is 13.7. The number of hydrogen-bond acceptors (Lipinski definition) is 1. The molecule has 2 nitrogen and oxygen atoms in total. The smallest absolute Gasteiger partial charge is 0.169 e. The van der Waals surface area contributed by atoms with Crippen LogP contribution in [0.1, 0.15) is 18.1 Å². The number of halogens is 1. The molecule has 1 heterocycles. The third-order valence-electron chi connectivity index (χ3n) is 3.16. The van der Waals surface area contributed by atoms with E-state index < -0.39 is 0 Å². The highest BCUT2D eigenvalue weighted by molar-refractivity contribution is 14.0. The summed E-state index contributed by atoms with van der Waals surface area (Å²) in [5.74, 6) is 0. The first-order chi connectivity index (χ1) is 9.19. The lowest BCUT2D eigenvalue weighted by molar-refractivity contribution is -0.693. The van der Waals surface area contributed by atoms with Gasteiger partial charge in [-0.25, -0.2) is 4.57 Å². The van der Waals surface area contributed by atoms with E-state index >= 15 is 0 Å². The molecule has 1 aromatic heterocycles. The minimum atomic E-state index is 0. The van der Waals surface area contributed by atoms with Crippen molar-refractivity contribution in [2.24, 2.45) is 0 Å². The standard InChI is InChI=1S/C17H21N2.HI/c1-4-19-13-11-16(12-14-19)6-5-15-7-9-17(10-8-15)18(2)3;/h5-14H,4H2,1-3H3;1H/q+1;. The van der Waals surface area contributed by atoms with Gasteiger partial charge in [0, 0.05) is 31.9 Å². The number of aryl methyl sites for hydroxylation is 1. The second-order valence-corrected chi connectivity index (χ2v) is 4.78. The minimum absolute atomic E-state index is 0. The van der Waals surface area contributed by atoms with E-state index in [-0.39, 0.29) is 24.0 Å². The summed E-state index contributed by atoms with van der Waals surface area (Å²) in [7, 11) is 4.11. The van der Waals surface area contributed by atoms with Gasteiger partial charge in [-0.15, -0.1) is 24.0 Å². The zero-order valence-corrected chi connectivity index (χ0v) is 14.6. The highest BCUT2D eigenvalue weighted by Gasteiger charge is 1.96. The van der Waals surface area contributed by atoms with Crippen molar-refractivity contribution in [3.05, 3.63) is 59.9 Å². The van der Waals surface area contributed by atoms with Crippen LogP contribution in [-0.2, 0) is 6.54 Å². The molecule has 0 radical (unpaired) electrons. The minimum Gasteiger partial charge on any atom is -0.378 e. The van der Waals surface area contributed by atoms with Gasteiger partial charge in [0.25, 0.3) is 0 Å². The fourth-order valence-electron chi connectivity index (χ4n) is 1.87. The molecule has 0 aliphatic rings. The van der Waals surface area contributed by atoms with Gasteiger partial charge in [-0.1, -0.05) is 24.3 Å². The molecule has 0 unspecified atom stereocenters. The number of nitrogens with zero attached hydrogens (tertiary/aromatic N) is 2. The van der Waals surface area contributed by atoms with Crippen LogP contribution in [0.5, 0.6) is 0 Å². The monoisotopic (exact) mass is 381 g/mol. The fraction of sp³-hybridized carbons (Fsp3) is 0.235. The summed E-state index contributed by atoms with van der Waals surface area (Å²) >= 11 is 0. The topological polar surface area (TPSA) is 7.12 Å². The maximum absolute atomic E-state index is 2.16. The van der Waals surface area contributed by atoms with Gasteiger partial charge in [-0.05, 0) is 30.2 Å². The van der Waals surface area contributed by atoms with E-state index in [2.05, 4.69) is 91.4 Å². The van der Waals surface area contributed by atoms with Gasteiger partial charge in [0.1, 0.15) is 6.54 Å². The molecular weight excluding hydrogens is 359 g/mol. The quantitative estimate of drug-likeness (QED) is 0.577. The third kappa shape index (κ3) is 4.63. The van der Waals surface area contributed by atoms with E-state index in [1.807, 2.05) is 0 Å². The Morgan fingerprint density at radius 2 is 1.40 bits per heavy atom. The van der Waals surface area contributed by atoms with Crippen molar-refractivity contribution in [3.63, 3.8) is 0 Å². The first kappa shape index (κ1) is 16.7. The second-order valence-electron chi connectivity index (χ2n) is 4.78. The van der Waals surface area contributed by atoms with E-state index in [0.29, 0.717) is 0 Å². The van der Waals surface area contributed by atoms with Crippen molar-refractivity contribution in [1.82, 2.24) is 0 Å². The van der Waals surface area contributed by atoms with E-state index in [4.69, 9.17) is 0 Å². The van der Waals surface area contributed by atoms with E-state index in [1.54, 1.807) is 0 Å². The highest BCUT2D eigenvalue weighted by atomic mass is 127. The lowest BCUT2D eigenvalue weighted by Gasteiger charge is -2.11. The van der Waals surface area contributed by atoms with Crippen molar-refractivity contribution in [1.29, 1.82) is 0 Å². The normalized spacial score (nSPS) is 10.3. The van der Waals surface area contributed by atoms with Crippen LogP contribution in [0.2, 0.25) is 0 Å². The molecule has 1 aromatic carbocycles. The van der Waals surface area contributed by atoms with Crippen molar-refractivity contribution in [3.8, 4) is 0 Å². The van der Waals surface area contributed by atoms with Crippen LogP contribution in [0.25, 0.3) is 12.2 Å². The van der Waals surface area contributed by atoms with Gasteiger partial charge >= 0.3 is 0 Å². The van der Waals surface area contributed by atoms with Gasteiger partial charge in [0.05, 0.1) is 0 Å². The maximum atomic E-state index is 2.16. The van der Waals surface area contributed by atoms with Crippen LogP contribution in [0.4, 0.5) is 5.69 Å². The van der Waals surface area contributed by atoms with Gasteiger partial charge in [0.15, 0.2) is 12.4 Å². The Morgan fingerprint density at radius 3 is 1.85 bits per heavy atom. The van der Waals surface area contributed by atoms with Crippen LogP contribution in [0.3, 0.4) is 0 Å². The Bertz CT molecular complexity index is 542. The molecule has 0 N–H and O–H groups in total. The van der Waals surface area contributed by atoms with Crippen molar-refractivity contribution >= 4 is 41.8 Å². The first-order valence-electron chi connectivity index (χ1n) is 6.63. The molecule has 0 saturated heterocycles. The summed E-state index contributed by atoms with van der Waals surface area (Å²) in [5.41, 5.74) is 3.67. The number of aromatic nitrogens is 1. The Balaban J connectivity index is 0.00000200. The van der Waals surface area contributed by atoms with Crippen LogP contribution in [0.15, 0.2) is 48.8 Å². The number of hydrogen-bond donors (Lipinski definition) is 0. The van der Waals surface area contributed by atoms with Crippen molar-refractivity contribution < 1.29 is 4.57 Å². The molecule has 0 fully saturated rings. The SMILES string of the molecule is CC[n+]1ccc(C=Cc2ccc(N(C)C)cc2)cc1.I. The molecule has 0 atom stereocenters. The number of rotatable bonds is 4. The van der Waals surface area contributed by atoms with Gasteiger partial charge in [0.2, 0.25) is 0 Å². The highest BCUT2D eigenvalue weighted by Crippen LogP contribution is 2.14. The molecule has 0 spiro atoms. The molecule has 3 heteroatoms. The number of pyridine rings is 1. The van der Waals surface area contributed by atoms with E-state index in [9.17, 15) is 0 Å². The molecular formula is C17H22IN2+. The average Bonchev–Trinajstić information content (AvgIpc) is 2.46. The number of benzene rings is 1. The molecule has 0 bridgehead atoms. The van der Waals surface area contributed by atoms with Crippen LogP contribution in [0, 0.1) is 0 Å². The predicted molar refractivity (Wildman–Crippen MR) is 97.4 cm³/mol. The Morgan fingerprint density at radius 1 is 0.900 bits per heavy atom. The van der Waals surface area contributed by atoms with E-state index in [0.717, 1.165) is 6.54 Å². The largest absolute Gasteiger partial charge is 0.378 e. The summed E-state index contributed by atoms with van der Waals surface area (Å²) in [6, 6.07) is 12.8. The van der Waals surface area contributed by atoms with E-state index in [1.165, 1.54) is 16.8 Å². The van der Waals surface area contributed by atoms with Crippen molar-refractivity contribution in [2.45, 2.75) is 13.5 Å². The molecule has 2 rings (SSSR count). The number of anilines is 1. The average molecular weight is 381 g/mol. The molecule has 20 heavy (non-hydrogen) atoms. The summed E-state index contributed by atoms with van der Waals surface area (Å²) in [6.45, 7) is 3.15. The molecule has 0 aliphatic heterocycles. The Labute approximate surface area is 138 Å². The van der Waals surface area contributed by atoms with Crippen LogP contribution in [-0.4, -0.2) is 14.1 Å². The summed E-state index contributed by atoms with van der Waals surface area (Å²) in [4.78, 5) is 2.11. The molecule has 0 amide bonds. The molecule has 0 aliphatic carbocycles. The summed E-state index contributed by atoms with van der Waals surface area (Å²) < 4.78 is 2.16. The predicted octanol–water partition coefficient (Wildman–Crippen LogP) is 3.85. The van der Waals surface area contributed by atoms with Crippen LogP contribution >= 0.6 is 24.0 Å². The lowest BCUT2D eigenvalue weighted by atomic mass is 10.1. The Hall–Kier alpha value is -1.36. The summed E-state index contributed by atoms with van der Waals surface area (Å²) in [5, 5.41) is 0. The summed E-state index contributed by atoms with van der Waals surface area (Å²) in [6.07, 6.45) is 8.50. The van der Waals surface area contributed by atoms with Crippen LogP contribution < -0.4 is 9.47 Å². The lowest BCUT2D eigenvalue weighted by Crippen LogP contribution is -2.30. The van der Waals surface area contributed by atoms with Gasteiger partial charge in [-0.2, -0.15) is 0 Å². The Kier molecular flexibility index (Phi) is 6.71. The maximum Gasteiger partial charge on any atom is 0.169 e. The third-order valence-corrected chi connectivity index (χ3v) is 3.16.